The predicted molar refractivity (Wildman–Crippen MR) is 93.4 cm³/mol. The Morgan fingerprint density at radius 1 is 1.08 bits per heavy atom. The number of anilines is 2. The Hall–Kier alpha value is -2.70. The maximum atomic E-state index is 12.5. The van der Waals surface area contributed by atoms with Gasteiger partial charge in [-0.3, -0.25) is 9.78 Å². The van der Waals surface area contributed by atoms with E-state index in [0.29, 0.717) is 24.6 Å². The van der Waals surface area contributed by atoms with Crippen molar-refractivity contribution in [3.63, 3.8) is 0 Å². The van der Waals surface area contributed by atoms with Crippen LogP contribution in [0.3, 0.4) is 0 Å². The fraction of sp³-hybridized carbons (Fsp3) is 0.412. The molecular formula is C17H22N6O. The van der Waals surface area contributed by atoms with Gasteiger partial charge in [0.15, 0.2) is 0 Å². The second-order valence-electron chi connectivity index (χ2n) is 6.08. The van der Waals surface area contributed by atoms with Gasteiger partial charge in [-0.15, -0.1) is 0 Å². The molecule has 0 saturated carbocycles. The SMILES string of the molecule is Cc1ccc(C(=O)N2CCN(c3ccnc(N(C)C)n3)CC2)cn1. The summed E-state index contributed by atoms with van der Waals surface area (Å²) in [4.78, 5) is 31.5. The van der Waals surface area contributed by atoms with E-state index in [2.05, 4.69) is 19.9 Å². The molecule has 0 N–H and O–H groups in total. The van der Waals surface area contributed by atoms with Crippen molar-refractivity contribution in [3.05, 3.63) is 41.9 Å². The van der Waals surface area contributed by atoms with E-state index in [1.54, 1.807) is 12.4 Å². The molecule has 3 heterocycles. The lowest BCUT2D eigenvalue weighted by atomic mass is 10.2. The van der Waals surface area contributed by atoms with E-state index in [9.17, 15) is 4.79 Å². The van der Waals surface area contributed by atoms with E-state index in [4.69, 9.17) is 0 Å². The predicted octanol–water partition coefficient (Wildman–Crippen LogP) is 1.21. The number of hydrogen-bond donors (Lipinski definition) is 0. The highest BCUT2D eigenvalue weighted by molar-refractivity contribution is 5.94. The van der Waals surface area contributed by atoms with E-state index < -0.39 is 0 Å². The fourth-order valence-corrected chi connectivity index (χ4v) is 2.65. The molecule has 1 aliphatic heterocycles. The fourth-order valence-electron chi connectivity index (χ4n) is 2.65. The average Bonchev–Trinajstić information content (AvgIpc) is 2.62. The summed E-state index contributed by atoms with van der Waals surface area (Å²) in [6.07, 6.45) is 3.42. The van der Waals surface area contributed by atoms with Crippen LogP contribution in [-0.2, 0) is 0 Å². The van der Waals surface area contributed by atoms with Crippen molar-refractivity contribution in [2.75, 3.05) is 50.1 Å². The monoisotopic (exact) mass is 326 g/mol. The molecule has 1 saturated heterocycles. The van der Waals surface area contributed by atoms with Gasteiger partial charge in [0, 0.05) is 58.4 Å². The van der Waals surface area contributed by atoms with E-state index in [1.165, 1.54) is 0 Å². The lowest BCUT2D eigenvalue weighted by molar-refractivity contribution is 0.0746. The van der Waals surface area contributed by atoms with Crippen LogP contribution in [0.1, 0.15) is 16.1 Å². The summed E-state index contributed by atoms with van der Waals surface area (Å²) in [6.45, 7) is 4.78. The lowest BCUT2D eigenvalue weighted by Crippen LogP contribution is -2.49. The first-order valence-corrected chi connectivity index (χ1v) is 8.02. The molecule has 1 amide bonds. The van der Waals surface area contributed by atoms with Gasteiger partial charge >= 0.3 is 0 Å². The molecular weight excluding hydrogens is 304 g/mol. The molecule has 24 heavy (non-hydrogen) atoms. The second kappa shape index (κ2) is 6.82. The Kier molecular flexibility index (Phi) is 4.59. The minimum absolute atomic E-state index is 0.0406. The van der Waals surface area contributed by atoms with Gasteiger partial charge < -0.3 is 14.7 Å². The number of carbonyl (C=O) groups is 1. The van der Waals surface area contributed by atoms with Gasteiger partial charge in [-0.05, 0) is 25.1 Å². The second-order valence-corrected chi connectivity index (χ2v) is 6.08. The van der Waals surface area contributed by atoms with Crippen molar-refractivity contribution in [2.45, 2.75) is 6.92 Å². The van der Waals surface area contributed by atoms with Crippen molar-refractivity contribution < 1.29 is 4.79 Å². The average molecular weight is 326 g/mol. The van der Waals surface area contributed by atoms with Crippen LogP contribution < -0.4 is 9.80 Å². The highest BCUT2D eigenvalue weighted by Crippen LogP contribution is 2.16. The van der Waals surface area contributed by atoms with Crippen molar-refractivity contribution in [2.24, 2.45) is 0 Å². The highest BCUT2D eigenvalue weighted by Gasteiger charge is 2.23. The molecule has 1 fully saturated rings. The molecule has 7 nitrogen and oxygen atoms in total. The standard InChI is InChI=1S/C17H22N6O/c1-13-4-5-14(12-19-13)16(24)23-10-8-22(9-11-23)15-6-7-18-17(20-15)21(2)3/h4-7,12H,8-11H2,1-3H3. The first-order chi connectivity index (χ1) is 11.5. The molecule has 0 atom stereocenters. The van der Waals surface area contributed by atoms with E-state index in [-0.39, 0.29) is 5.91 Å². The first-order valence-electron chi connectivity index (χ1n) is 8.02. The molecule has 2 aromatic heterocycles. The molecule has 0 radical (unpaired) electrons. The largest absolute Gasteiger partial charge is 0.353 e. The quantitative estimate of drug-likeness (QED) is 0.845. The Balaban J connectivity index is 1.64. The minimum Gasteiger partial charge on any atom is -0.353 e. The van der Waals surface area contributed by atoms with Crippen molar-refractivity contribution in [3.8, 4) is 0 Å². The minimum atomic E-state index is 0.0406. The number of nitrogens with zero attached hydrogens (tertiary/aromatic N) is 6. The smallest absolute Gasteiger partial charge is 0.255 e. The van der Waals surface area contributed by atoms with Crippen LogP contribution in [0, 0.1) is 6.92 Å². The normalized spacial score (nSPS) is 14.6. The maximum Gasteiger partial charge on any atom is 0.255 e. The van der Waals surface area contributed by atoms with Gasteiger partial charge in [0.05, 0.1) is 5.56 Å². The molecule has 126 valence electrons. The van der Waals surface area contributed by atoms with Gasteiger partial charge in [-0.2, -0.15) is 4.98 Å². The molecule has 2 aromatic rings. The summed E-state index contributed by atoms with van der Waals surface area (Å²) < 4.78 is 0. The molecule has 0 aromatic carbocycles. The van der Waals surface area contributed by atoms with E-state index in [0.717, 1.165) is 24.6 Å². The Bertz CT molecular complexity index is 707. The summed E-state index contributed by atoms with van der Waals surface area (Å²) in [5.74, 6) is 1.63. The third-order valence-electron chi connectivity index (χ3n) is 4.08. The van der Waals surface area contributed by atoms with Crippen LogP contribution in [0.5, 0.6) is 0 Å². The summed E-state index contributed by atoms with van der Waals surface area (Å²) in [5, 5.41) is 0. The van der Waals surface area contributed by atoms with Crippen molar-refractivity contribution in [1.29, 1.82) is 0 Å². The van der Waals surface area contributed by atoms with Crippen LogP contribution in [0.4, 0.5) is 11.8 Å². The van der Waals surface area contributed by atoms with Gasteiger partial charge in [-0.1, -0.05) is 0 Å². The Morgan fingerprint density at radius 2 is 1.83 bits per heavy atom. The van der Waals surface area contributed by atoms with Crippen LogP contribution in [0.15, 0.2) is 30.6 Å². The molecule has 0 aliphatic carbocycles. The highest BCUT2D eigenvalue weighted by atomic mass is 16.2. The number of piperazine rings is 1. The number of aromatic nitrogens is 3. The molecule has 0 bridgehead atoms. The summed E-state index contributed by atoms with van der Waals surface area (Å²) >= 11 is 0. The van der Waals surface area contributed by atoms with Crippen molar-refractivity contribution in [1.82, 2.24) is 19.9 Å². The van der Waals surface area contributed by atoms with Crippen LogP contribution >= 0.6 is 0 Å². The van der Waals surface area contributed by atoms with E-state index >= 15 is 0 Å². The third-order valence-corrected chi connectivity index (χ3v) is 4.08. The molecule has 3 rings (SSSR count). The van der Waals surface area contributed by atoms with Gasteiger partial charge in [-0.25, -0.2) is 4.98 Å². The third kappa shape index (κ3) is 3.45. The molecule has 0 spiro atoms. The maximum absolute atomic E-state index is 12.5. The number of rotatable bonds is 3. The Morgan fingerprint density at radius 3 is 2.46 bits per heavy atom. The summed E-state index contributed by atoms with van der Waals surface area (Å²) in [5.41, 5.74) is 1.56. The Labute approximate surface area is 142 Å². The topological polar surface area (TPSA) is 65.5 Å². The van der Waals surface area contributed by atoms with Crippen LogP contribution in [-0.4, -0.2) is 66.0 Å². The number of amides is 1. The van der Waals surface area contributed by atoms with Gasteiger partial charge in [0.2, 0.25) is 5.95 Å². The van der Waals surface area contributed by atoms with Crippen LogP contribution in [0.2, 0.25) is 0 Å². The van der Waals surface area contributed by atoms with Crippen LogP contribution in [0.25, 0.3) is 0 Å². The zero-order valence-electron chi connectivity index (χ0n) is 14.3. The zero-order chi connectivity index (χ0) is 17.1. The summed E-state index contributed by atoms with van der Waals surface area (Å²) in [7, 11) is 3.84. The molecule has 1 aliphatic rings. The first kappa shape index (κ1) is 16.2. The zero-order valence-corrected chi connectivity index (χ0v) is 14.3. The number of pyridine rings is 1. The molecule has 7 heteroatoms. The van der Waals surface area contributed by atoms with Gasteiger partial charge in [0.1, 0.15) is 5.82 Å². The molecule has 0 unspecified atom stereocenters. The summed E-state index contributed by atoms with van der Waals surface area (Å²) in [6, 6.07) is 5.62. The van der Waals surface area contributed by atoms with Crippen molar-refractivity contribution >= 4 is 17.7 Å². The number of aryl methyl sites for hydroxylation is 1. The number of carbonyl (C=O) groups excluding carboxylic acids is 1. The lowest BCUT2D eigenvalue weighted by Gasteiger charge is -2.35. The van der Waals surface area contributed by atoms with Gasteiger partial charge in [0.25, 0.3) is 5.91 Å². The number of hydrogen-bond acceptors (Lipinski definition) is 6. The van der Waals surface area contributed by atoms with E-state index in [1.807, 2.05) is 49.0 Å².